The molecule has 0 aliphatic carbocycles. The van der Waals surface area contributed by atoms with E-state index in [4.69, 9.17) is 0 Å². The monoisotopic (exact) mass is 421 g/mol. The molecule has 2 aromatic rings. The number of anilines is 1. The van der Waals surface area contributed by atoms with Crippen molar-refractivity contribution < 1.29 is 4.79 Å². The first kappa shape index (κ1) is 21.2. The lowest BCUT2D eigenvalue weighted by atomic mass is 9.98. The predicted octanol–water partition coefficient (Wildman–Crippen LogP) is 3.13. The first-order valence-electron chi connectivity index (χ1n) is 9.86. The number of piperidine rings is 1. The summed E-state index contributed by atoms with van der Waals surface area (Å²) in [6.07, 6.45) is 4.44. The topological polar surface area (TPSA) is 70.2 Å². The molecule has 0 bridgehead atoms. The molecule has 1 saturated heterocycles. The predicted molar refractivity (Wildman–Crippen MR) is 116 cm³/mol. The molecular formula is C20H28ClN5OS. The number of aromatic nitrogens is 2. The smallest absolute Gasteiger partial charge is 0.257 e. The van der Waals surface area contributed by atoms with Gasteiger partial charge in [-0.25, -0.2) is 0 Å². The number of hydrogen-bond donors (Lipinski definition) is 2. The van der Waals surface area contributed by atoms with E-state index in [0.717, 1.165) is 43.4 Å². The first-order valence-corrected chi connectivity index (χ1v) is 10.7. The second-order valence-corrected chi connectivity index (χ2v) is 8.70. The lowest BCUT2D eigenvalue weighted by Gasteiger charge is -2.29. The zero-order valence-electron chi connectivity index (χ0n) is 16.2. The number of benzene rings is 1. The molecule has 152 valence electrons. The van der Waals surface area contributed by atoms with Crippen LogP contribution in [0.4, 0.5) is 5.13 Å². The molecule has 0 atom stereocenters. The van der Waals surface area contributed by atoms with E-state index in [-0.39, 0.29) is 18.3 Å². The molecule has 2 N–H and O–H groups in total. The summed E-state index contributed by atoms with van der Waals surface area (Å²) in [6.45, 7) is 7.56. The van der Waals surface area contributed by atoms with Crippen molar-refractivity contribution in [2.45, 2.75) is 39.2 Å². The van der Waals surface area contributed by atoms with Crippen LogP contribution in [0, 0.1) is 5.92 Å². The number of carbonyl (C=O) groups is 1. The fraction of sp³-hybridized carbons (Fsp3) is 0.550. The highest BCUT2D eigenvalue weighted by molar-refractivity contribution is 7.15. The Morgan fingerprint density at radius 3 is 2.93 bits per heavy atom. The Bertz CT molecular complexity index is 804. The molecule has 1 amide bonds. The van der Waals surface area contributed by atoms with E-state index in [0.29, 0.717) is 10.7 Å². The van der Waals surface area contributed by atoms with Gasteiger partial charge in [0.1, 0.15) is 5.01 Å². The van der Waals surface area contributed by atoms with Crippen molar-refractivity contribution in [3.63, 3.8) is 0 Å². The van der Waals surface area contributed by atoms with Crippen molar-refractivity contribution in [3.05, 3.63) is 39.9 Å². The molecule has 0 spiro atoms. The minimum absolute atomic E-state index is 0. The molecule has 2 aliphatic heterocycles. The number of nitrogens with zero attached hydrogens (tertiary/aromatic N) is 3. The van der Waals surface area contributed by atoms with Crippen molar-refractivity contribution in [1.82, 2.24) is 20.4 Å². The van der Waals surface area contributed by atoms with Gasteiger partial charge in [0, 0.05) is 25.1 Å². The van der Waals surface area contributed by atoms with E-state index in [1.807, 2.05) is 18.2 Å². The average molecular weight is 422 g/mol. The molecule has 28 heavy (non-hydrogen) atoms. The van der Waals surface area contributed by atoms with Gasteiger partial charge in [-0.1, -0.05) is 24.3 Å². The van der Waals surface area contributed by atoms with Gasteiger partial charge in [-0.3, -0.25) is 10.1 Å². The molecule has 1 fully saturated rings. The van der Waals surface area contributed by atoms with Crippen LogP contribution in [0.25, 0.3) is 0 Å². The third-order valence-corrected chi connectivity index (χ3v) is 6.46. The van der Waals surface area contributed by atoms with Gasteiger partial charge in [0.2, 0.25) is 5.13 Å². The van der Waals surface area contributed by atoms with Crippen LogP contribution in [-0.2, 0) is 19.4 Å². The van der Waals surface area contributed by atoms with Gasteiger partial charge in [0.05, 0.1) is 0 Å². The normalized spacial score (nSPS) is 17.6. The number of rotatable bonds is 5. The van der Waals surface area contributed by atoms with Crippen LogP contribution in [0.15, 0.2) is 18.2 Å². The van der Waals surface area contributed by atoms with Gasteiger partial charge in [-0.15, -0.1) is 22.6 Å². The van der Waals surface area contributed by atoms with E-state index in [9.17, 15) is 4.79 Å². The summed E-state index contributed by atoms with van der Waals surface area (Å²) in [6, 6.07) is 5.94. The number of fused-ring (bicyclic) bond motifs is 1. The molecule has 0 saturated carbocycles. The van der Waals surface area contributed by atoms with E-state index < -0.39 is 0 Å². The lowest BCUT2D eigenvalue weighted by Crippen LogP contribution is -2.34. The molecular weight excluding hydrogens is 394 g/mol. The van der Waals surface area contributed by atoms with Crippen molar-refractivity contribution in [2.75, 3.05) is 31.5 Å². The Hall–Kier alpha value is -1.54. The highest BCUT2D eigenvalue weighted by atomic mass is 35.5. The molecule has 6 nitrogen and oxygen atoms in total. The number of likely N-dealkylation sites (tertiary alicyclic amines) is 1. The summed E-state index contributed by atoms with van der Waals surface area (Å²) < 4.78 is 0. The molecule has 0 radical (unpaired) electrons. The standard InChI is InChI=1S/C20H27N5OS.ClH/c1-14-5-9-25(10-6-14)11-7-18-23-24-20(27-18)22-19(26)16-2-3-17-13-21-8-4-15(17)12-16;/h2-3,12,14,21H,4-11,13H2,1H3,(H,22,24,26);1H. The van der Waals surface area contributed by atoms with E-state index in [1.165, 1.54) is 48.4 Å². The number of halogens is 1. The molecule has 8 heteroatoms. The molecule has 3 heterocycles. The second-order valence-electron chi connectivity index (χ2n) is 7.64. The maximum atomic E-state index is 12.5. The van der Waals surface area contributed by atoms with Crippen LogP contribution in [0.3, 0.4) is 0 Å². The second kappa shape index (κ2) is 9.78. The van der Waals surface area contributed by atoms with Gasteiger partial charge < -0.3 is 10.2 Å². The maximum absolute atomic E-state index is 12.5. The zero-order valence-corrected chi connectivity index (χ0v) is 17.9. The summed E-state index contributed by atoms with van der Waals surface area (Å²) in [4.78, 5) is 15.1. The molecule has 4 rings (SSSR count). The lowest BCUT2D eigenvalue weighted by molar-refractivity contribution is 0.102. The quantitative estimate of drug-likeness (QED) is 0.776. The number of carbonyl (C=O) groups excluding carboxylic acids is 1. The Labute approximate surface area is 176 Å². The summed E-state index contributed by atoms with van der Waals surface area (Å²) in [5, 5.41) is 16.2. The van der Waals surface area contributed by atoms with Gasteiger partial charge in [-0.2, -0.15) is 0 Å². The van der Waals surface area contributed by atoms with Gasteiger partial charge in [0.15, 0.2) is 0 Å². The maximum Gasteiger partial charge on any atom is 0.257 e. The summed E-state index contributed by atoms with van der Waals surface area (Å²) in [5.74, 6) is 0.744. The molecule has 0 unspecified atom stereocenters. The van der Waals surface area contributed by atoms with Crippen LogP contribution in [0.2, 0.25) is 0 Å². The molecule has 1 aromatic heterocycles. The van der Waals surface area contributed by atoms with E-state index in [1.54, 1.807) is 0 Å². The summed E-state index contributed by atoms with van der Waals surface area (Å²) >= 11 is 1.48. The first-order chi connectivity index (χ1) is 13.2. The van der Waals surface area contributed by atoms with Crippen molar-refractivity contribution in [2.24, 2.45) is 5.92 Å². The Morgan fingerprint density at radius 2 is 2.11 bits per heavy atom. The Balaban J connectivity index is 0.00000225. The zero-order chi connectivity index (χ0) is 18.6. The summed E-state index contributed by atoms with van der Waals surface area (Å²) in [7, 11) is 0. The van der Waals surface area contributed by atoms with Gasteiger partial charge >= 0.3 is 0 Å². The fourth-order valence-electron chi connectivity index (χ4n) is 3.73. The van der Waals surface area contributed by atoms with Crippen LogP contribution in [0.1, 0.15) is 46.3 Å². The highest BCUT2D eigenvalue weighted by Crippen LogP contribution is 2.21. The minimum Gasteiger partial charge on any atom is -0.312 e. The Morgan fingerprint density at radius 1 is 1.29 bits per heavy atom. The van der Waals surface area contributed by atoms with Crippen molar-refractivity contribution >= 4 is 34.8 Å². The number of hydrogen-bond acceptors (Lipinski definition) is 6. The van der Waals surface area contributed by atoms with Crippen LogP contribution in [0.5, 0.6) is 0 Å². The number of amides is 1. The van der Waals surface area contributed by atoms with E-state index >= 15 is 0 Å². The SMILES string of the molecule is CC1CCN(CCc2nnc(NC(=O)c3ccc4c(c3)CCNC4)s2)CC1.Cl. The van der Waals surface area contributed by atoms with Gasteiger partial charge in [0.25, 0.3) is 5.91 Å². The minimum atomic E-state index is -0.107. The Kier molecular flexibility index (Phi) is 7.40. The highest BCUT2D eigenvalue weighted by Gasteiger charge is 2.17. The third-order valence-electron chi connectivity index (χ3n) is 5.56. The largest absolute Gasteiger partial charge is 0.312 e. The van der Waals surface area contributed by atoms with Crippen LogP contribution >= 0.6 is 23.7 Å². The van der Waals surface area contributed by atoms with E-state index in [2.05, 4.69) is 32.7 Å². The molecule has 2 aliphatic rings. The number of nitrogens with one attached hydrogen (secondary N) is 2. The average Bonchev–Trinajstić information content (AvgIpc) is 3.14. The van der Waals surface area contributed by atoms with Crippen LogP contribution < -0.4 is 10.6 Å². The van der Waals surface area contributed by atoms with Gasteiger partial charge in [-0.05, 0) is 68.1 Å². The van der Waals surface area contributed by atoms with Crippen LogP contribution in [-0.4, -0.2) is 47.2 Å². The molecule has 1 aromatic carbocycles. The summed E-state index contributed by atoms with van der Waals surface area (Å²) in [5.41, 5.74) is 3.23. The fourth-order valence-corrected chi connectivity index (χ4v) is 4.46. The van der Waals surface area contributed by atoms with Crippen molar-refractivity contribution in [3.8, 4) is 0 Å². The van der Waals surface area contributed by atoms with Crippen molar-refractivity contribution in [1.29, 1.82) is 0 Å². The third kappa shape index (κ3) is 5.29.